The molecule has 1 aromatic carbocycles. The molecule has 0 saturated heterocycles. The predicted octanol–water partition coefficient (Wildman–Crippen LogP) is 4.99. The fourth-order valence-electron chi connectivity index (χ4n) is 4.04. The molecular formula is C24H24N2O4S. The number of nitrogens with zero attached hydrogens (tertiary/aromatic N) is 1. The molecule has 160 valence electrons. The number of benzene rings is 1. The lowest BCUT2D eigenvalue weighted by molar-refractivity contribution is -0.123. The SMILES string of the molecule is CC(=O)c1ccccc1N(C(=O)c1ccco1)[C@@H](C(=O)NC1CCCC1)c1cccs1. The van der Waals surface area contributed by atoms with Crippen molar-refractivity contribution in [3.05, 3.63) is 76.4 Å². The van der Waals surface area contributed by atoms with Gasteiger partial charge in [-0.2, -0.15) is 0 Å². The molecule has 1 aliphatic rings. The summed E-state index contributed by atoms with van der Waals surface area (Å²) in [7, 11) is 0. The van der Waals surface area contributed by atoms with Crippen LogP contribution in [0.4, 0.5) is 5.69 Å². The van der Waals surface area contributed by atoms with Crippen molar-refractivity contribution >= 4 is 34.6 Å². The van der Waals surface area contributed by atoms with Crippen LogP contribution in [0, 0.1) is 0 Å². The highest BCUT2D eigenvalue weighted by Crippen LogP contribution is 2.35. The van der Waals surface area contributed by atoms with E-state index in [1.54, 1.807) is 36.4 Å². The van der Waals surface area contributed by atoms with Gasteiger partial charge in [0.2, 0.25) is 5.91 Å². The summed E-state index contributed by atoms with van der Waals surface area (Å²) in [5.41, 5.74) is 0.758. The van der Waals surface area contributed by atoms with Gasteiger partial charge in [-0.1, -0.05) is 31.0 Å². The van der Waals surface area contributed by atoms with Crippen LogP contribution >= 0.6 is 11.3 Å². The second kappa shape index (κ2) is 9.31. The third kappa shape index (κ3) is 4.46. The number of carbonyl (C=O) groups excluding carboxylic acids is 3. The summed E-state index contributed by atoms with van der Waals surface area (Å²) < 4.78 is 5.37. The van der Waals surface area contributed by atoms with Gasteiger partial charge in [0, 0.05) is 16.5 Å². The Morgan fingerprint density at radius 1 is 1.06 bits per heavy atom. The average molecular weight is 437 g/mol. The Labute approximate surface area is 184 Å². The van der Waals surface area contributed by atoms with Crippen molar-refractivity contribution in [1.82, 2.24) is 5.32 Å². The predicted molar refractivity (Wildman–Crippen MR) is 119 cm³/mol. The van der Waals surface area contributed by atoms with Crippen LogP contribution in [0.3, 0.4) is 0 Å². The van der Waals surface area contributed by atoms with Crippen molar-refractivity contribution < 1.29 is 18.8 Å². The van der Waals surface area contributed by atoms with Crippen LogP contribution in [0.2, 0.25) is 0 Å². The van der Waals surface area contributed by atoms with E-state index in [0.717, 1.165) is 25.7 Å². The molecule has 31 heavy (non-hydrogen) atoms. The highest BCUT2D eigenvalue weighted by atomic mass is 32.1. The summed E-state index contributed by atoms with van der Waals surface area (Å²) in [5, 5.41) is 5.00. The van der Waals surface area contributed by atoms with Crippen molar-refractivity contribution in [3.63, 3.8) is 0 Å². The molecule has 6 nitrogen and oxygen atoms in total. The van der Waals surface area contributed by atoms with E-state index in [4.69, 9.17) is 4.42 Å². The van der Waals surface area contributed by atoms with Gasteiger partial charge in [-0.15, -0.1) is 11.3 Å². The molecule has 0 spiro atoms. The van der Waals surface area contributed by atoms with Crippen LogP contribution in [-0.4, -0.2) is 23.6 Å². The molecule has 2 heterocycles. The number of ketones is 1. The van der Waals surface area contributed by atoms with E-state index in [9.17, 15) is 14.4 Å². The number of anilines is 1. The molecule has 3 aromatic rings. The maximum absolute atomic E-state index is 13.6. The first kappa shape index (κ1) is 21.1. The number of thiophene rings is 1. The Hall–Kier alpha value is -3.19. The number of hydrogen-bond acceptors (Lipinski definition) is 5. The molecule has 0 bridgehead atoms. The van der Waals surface area contributed by atoms with Gasteiger partial charge in [-0.05, 0) is 55.5 Å². The first-order valence-electron chi connectivity index (χ1n) is 10.4. The number of nitrogens with one attached hydrogen (secondary N) is 1. The van der Waals surface area contributed by atoms with E-state index in [0.29, 0.717) is 16.1 Å². The first-order chi connectivity index (χ1) is 15.1. The maximum atomic E-state index is 13.6. The third-order valence-electron chi connectivity index (χ3n) is 5.51. The van der Waals surface area contributed by atoms with Crippen molar-refractivity contribution in [2.75, 3.05) is 4.90 Å². The zero-order chi connectivity index (χ0) is 21.8. The lowest BCUT2D eigenvalue weighted by Crippen LogP contribution is -2.46. The topological polar surface area (TPSA) is 79.6 Å². The standard InChI is InChI=1S/C24H24N2O4S/c1-16(27)18-10-4-5-11-19(18)26(24(29)20-12-6-14-30-20)22(21-13-7-15-31-21)23(28)25-17-8-2-3-9-17/h4-7,10-15,17,22H,2-3,8-9H2,1H3,(H,25,28)/t22-/m1/s1. The second-order valence-electron chi connectivity index (χ2n) is 7.63. The highest BCUT2D eigenvalue weighted by Gasteiger charge is 2.37. The number of rotatable bonds is 7. The van der Waals surface area contributed by atoms with Crippen LogP contribution in [0.15, 0.2) is 64.6 Å². The van der Waals surface area contributed by atoms with Gasteiger partial charge in [0.25, 0.3) is 5.91 Å². The fraction of sp³-hybridized carbons (Fsp3) is 0.292. The molecule has 2 amide bonds. The van der Waals surface area contributed by atoms with Crippen LogP contribution in [-0.2, 0) is 4.79 Å². The Balaban J connectivity index is 1.83. The second-order valence-corrected chi connectivity index (χ2v) is 8.61. The van der Waals surface area contributed by atoms with E-state index in [-0.39, 0.29) is 23.5 Å². The van der Waals surface area contributed by atoms with Gasteiger partial charge in [0.05, 0.1) is 12.0 Å². The molecule has 0 aliphatic heterocycles. The van der Waals surface area contributed by atoms with Gasteiger partial charge >= 0.3 is 0 Å². The zero-order valence-corrected chi connectivity index (χ0v) is 18.1. The van der Waals surface area contributed by atoms with Crippen molar-refractivity contribution in [1.29, 1.82) is 0 Å². The van der Waals surface area contributed by atoms with E-state index in [1.807, 2.05) is 17.5 Å². The van der Waals surface area contributed by atoms with Crippen molar-refractivity contribution in [2.45, 2.75) is 44.7 Å². The minimum absolute atomic E-state index is 0.0959. The number of Topliss-reactive ketones (excluding diaryl/α,β-unsaturated/α-hetero) is 1. The summed E-state index contributed by atoms with van der Waals surface area (Å²) in [6.07, 6.45) is 5.44. The Kier molecular flexibility index (Phi) is 6.32. The summed E-state index contributed by atoms with van der Waals surface area (Å²) in [4.78, 5) is 41.6. The number of hydrogen-bond donors (Lipinski definition) is 1. The smallest absolute Gasteiger partial charge is 0.295 e. The summed E-state index contributed by atoms with van der Waals surface area (Å²) in [6, 6.07) is 12.9. The lowest BCUT2D eigenvalue weighted by Gasteiger charge is -2.32. The van der Waals surface area contributed by atoms with E-state index < -0.39 is 11.9 Å². The minimum Gasteiger partial charge on any atom is -0.459 e. The van der Waals surface area contributed by atoms with Gasteiger partial charge in [0.1, 0.15) is 0 Å². The molecule has 1 saturated carbocycles. The van der Waals surface area contributed by atoms with Gasteiger partial charge < -0.3 is 9.73 Å². The lowest BCUT2D eigenvalue weighted by atomic mass is 10.0. The van der Waals surface area contributed by atoms with Crippen LogP contribution in [0.1, 0.15) is 64.4 Å². The van der Waals surface area contributed by atoms with Crippen LogP contribution < -0.4 is 10.2 Å². The summed E-state index contributed by atoms with van der Waals surface area (Å²) >= 11 is 1.40. The van der Waals surface area contributed by atoms with E-state index in [1.165, 1.54) is 29.4 Å². The van der Waals surface area contributed by atoms with Gasteiger partial charge in [-0.3, -0.25) is 19.3 Å². The normalized spacial score (nSPS) is 14.9. The van der Waals surface area contributed by atoms with Crippen molar-refractivity contribution in [2.24, 2.45) is 0 Å². The monoisotopic (exact) mass is 436 g/mol. The number of amides is 2. The summed E-state index contributed by atoms with van der Waals surface area (Å²) in [5.74, 6) is -0.811. The molecule has 1 fully saturated rings. The van der Waals surface area contributed by atoms with E-state index in [2.05, 4.69) is 5.32 Å². The number of para-hydroxylation sites is 1. The minimum atomic E-state index is -0.918. The van der Waals surface area contributed by atoms with Crippen LogP contribution in [0.25, 0.3) is 0 Å². The molecule has 7 heteroatoms. The van der Waals surface area contributed by atoms with Gasteiger partial charge in [0.15, 0.2) is 17.6 Å². The Morgan fingerprint density at radius 2 is 1.84 bits per heavy atom. The van der Waals surface area contributed by atoms with E-state index >= 15 is 0 Å². The molecule has 0 unspecified atom stereocenters. The van der Waals surface area contributed by atoms with Gasteiger partial charge in [-0.25, -0.2) is 0 Å². The number of carbonyl (C=O) groups is 3. The quantitative estimate of drug-likeness (QED) is 0.529. The average Bonchev–Trinajstić information content (AvgIpc) is 3.55. The largest absolute Gasteiger partial charge is 0.459 e. The molecular weight excluding hydrogens is 412 g/mol. The highest BCUT2D eigenvalue weighted by molar-refractivity contribution is 7.10. The third-order valence-corrected chi connectivity index (χ3v) is 6.44. The zero-order valence-electron chi connectivity index (χ0n) is 17.2. The fourth-order valence-corrected chi connectivity index (χ4v) is 4.85. The Bertz CT molecular complexity index is 1050. The first-order valence-corrected chi connectivity index (χ1v) is 11.2. The van der Waals surface area contributed by atoms with Crippen LogP contribution in [0.5, 0.6) is 0 Å². The van der Waals surface area contributed by atoms with Crippen molar-refractivity contribution in [3.8, 4) is 0 Å². The molecule has 2 aromatic heterocycles. The Morgan fingerprint density at radius 3 is 2.48 bits per heavy atom. The number of furan rings is 1. The summed E-state index contributed by atoms with van der Waals surface area (Å²) in [6.45, 7) is 1.45. The maximum Gasteiger partial charge on any atom is 0.295 e. The molecule has 1 N–H and O–H groups in total. The molecule has 4 rings (SSSR count). The molecule has 1 aliphatic carbocycles. The molecule has 0 radical (unpaired) electrons. The molecule has 1 atom stereocenters.